The van der Waals surface area contributed by atoms with Gasteiger partial charge in [-0.2, -0.15) is 4.31 Å². The number of hydrogen-bond donors (Lipinski definition) is 1. The summed E-state index contributed by atoms with van der Waals surface area (Å²) >= 11 is 0. The third-order valence-electron chi connectivity index (χ3n) is 4.09. The molecule has 0 fully saturated rings. The fourth-order valence-corrected chi connectivity index (χ4v) is 3.84. The van der Waals surface area contributed by atoms with Crippen molar-refractivity contribution in [2.24, 2.45) is 0 Å². The largest absolute Gasteiger partial charge is 0.316 e. The number of nitrogens with zero attached hydrogens (tertiary/aromatic N) is 1. The highest BCUT2D eigenvalue weighted by Gasteiger charge is 2.34. The van der Waals surface area contributed by atoms with E-state index in [-0.39, 0.29) is 10.5 Å². The summed E-state index contributed by atoms with van der Waals surface area (Å²) in [5, 5.41) is 2.90. The molecule has 0 aromatic heterocycles. The van der Waals surface area contributed by atoms with Crippen LogP contribution in [0, 0.1) is 12.7 Å². The maximum absolute atomic E-state index is 14.0. The first kappa shape index (κ1) is 18.1. The Morgan fingerprint density at radius 1 is 1.33 bits per heavy atom. The Kier molecular flexibility index (Phi) is 5.52. The Balaban J connectivity index is 3.44. The highest BCUT2D eigenvalue weighted by atomic mass is 32.2. The van der Waals surface area contributed by atoms with E-state index >= 15 is 0 Å². The number of halogens is 1. The summed E-state index contributed by atoms with van der Waals surface area (Å²) in [4.78, 5) is 0.0387. The molecular formula is C15H25FN2O2S. The van der Waals surface area contributed by atoms with Crippen molar-refractivity contribution in [1.82, 2.24) is 9.62 Å². The van der Waals surface area contributed by atoms with E-state index in [0.717, 1.165) is 0 Å². The van der Waals surface area contributed by atoms with Crippen LogP contribution in [0.15, 0.2) is 17.0 Å². The van der Waals surface area contributed by atoms with Crippen LogP contribution in [0.1, 0.15) is 38.3 Å². The molecule has 0 radical (unpaired) electrons. The molecule has 0 aliphatic carbocycles. The molecule has 0 spiro atoms. The number of benzene rings is 1. The number of sulfonamides is 1. The predicted molar refractivity (Wildman–Crippen MR) is 83.2 cm³/mol. The summed E-state index contributed by atoms with van der Waals surface area (Å²) in [7, 11) is -0.460. The Labute approximate surface area is 127 Å². The van der Waals surface area contributed by atoms with Gasteiger partial charge in [0.05, 0.1) is 4.90 Å². The van der Waals surface area contributed by atoms with Gasteiger partial charge in [-0.1, -0.05) is 6.92 Å². The summed E-state index contributed by atoms with van der Waals surface area (Å²) in [5.41, 5.74) is 0.247. The highest BCUT2D eigenvalue weighted by molar-refractivity contribution is 7.89. The standard InChI is InChI=1S/C15H25FN2O2S/c1-7-15(3,4)18(6)21(19,20)14-9-12(10-17-5)8-13(16)11(14)2/h8-9,17H,7,10H2,1-6H3. The Morgan fingerprint density at radius 2 is 1.90 bits per heavy atom. The van der Waals surface area contributed by atoms with Crippen LogP contribution in [0.25, 0.3) is 0 Å². The van der Waals surface area contributed by atoms with E-state index in [1.165, 1.54) is 17.3 Å². The smallest absolute Gasteiger partial charge is 0.243 e. The maximum atomic E-state index is 14.0. The van der Waals surface area contributed by atoms with Gasteiger partial charge in [0.1, 0.15) is 5.82 Å². The number of hydrogen-bond acceptors (Lipinski definition) is 3. The average molecular weight is 316 g/mol. The molecule has 1 aromatic carbocycles. The second-order valence-electron chi connectivity index (χ2n) is 5.87. The molecule has 0 amide bonds. The van der Waals surface area contributed by atoms with Crippen LogP contribution in [-0.4, -0.2) is 32.4 Å². The monoisotopic (exact) mass is 316 g/mol. The molecule has 0 saturated carbocycles. The molecule has 0 saturated heterocycles. The SMILES string of the molecule is CCC(C)(C)N(C)S(=O)(=O)c1cc(CNC)cc(F)c1C. The summed E-state index contributed by atoms with van der Waals surface area (Å²) in [6.07, 6.45) is 0.667. The molecule has 21 heavy (non-hydrogen) atoms. The summed E-state index contributed by atoms with van der Waals surface area (Å²) in [5.74, 6) is -0.496. The normalized spacial score (nSPS) is 13.0. The van der Waals surface area contributed by atoms with E-state index in [1.807, 2.05) is 20.8 Å². The fourth-order valence-electron chi connectivity index (χ4n) is 1.98. The molecule has 1 rings (SSSR count). The third-order valence-corrected chi connectivity index (χ3v) is 6.29. The van der Waals surface area contributed by atoms with Crippen LogP contribution in [0.3, 0.4) is 0 Å². The van der Waals surface area contributed by atoms with E-state index in [9.17, 15) is 12.8 Å². The topological polar surface area (TPSA) is 49.4 Å². The number of nitrogens with one attached hydrogen (secondary N) is 1. The van der Waals surface area contributed by atoms with Gasteiger partial charge in [-0.05, 0) is 51.9 Å². The summed E-state index contributed by atoms with van der Waals surface area (Å²) < 4.78 is 41.0. The molecule has 4 nitrogen and oxygen atoms in total. The second kappa shape index (κ2) is 6.42. The molecular weight excluding hydrogens is 291 g/mol. The molecule has 0 aliphatic rings. The van der Waals surface area contributed by atoms with E-state index in [4.69, 9.17) is 0 Å². The maximum Gasteiger partial charge on any atom is 0.243 e. The van der Waals surface area contributed by atoms with E-state index < -0.39 is 21.4 Å². The second-order valence-corrected chi connectivity index (χ2v) is 7.81. The molecule has 0 atom stereocenters. The lowest BCUT2D eigenvalue weighted by atomic mass is 10.0. The molecule has 0 bridgehead atoms. The molecule has 120 valence electrons. The van der Waals surface area contributed by atoms with Gasteiger partial charge in [-0.3, -0.25) is 0 Å². The van der Waals surface area contributed by atoms with Gasteiger partial charge in [0.15, 0.2) is 0 Å². The summed E-state index contributed by atoms with van der Waals surface area (Å²) in [6, 6.07) is 2.92. The zero-order valence-corrected chi connectivity index (χ0v) is 14.4. The highest BCUT2D eigenvalue weighted by Crippen LogP contribution is 2.29. The van der Waals surface area contributed by atoms with Crippen LogP contribution in [0.5, 0.6) is 0 Å². The quantitative estimate of drug-likeness (QED) is 0.878. The number of rotatable bonds is 6. The van der Waals surface area contributed by atoms with E-state index in [0.29, 0.717) is 18.5 Å². The molecule has 1 N–H and O–H groups in total. The molecule has 1 aromatic rings. The van der Waals surface area contributed by atoms with Crippen molar-refractivity contribution in [3.8, 4) is 0 Å². The zero-order chi connectivity index (χ0) is 16.4. The first-order valence-corrected chi connectivity index (χ1v) is 8.44. The third kappa shape index (κ3) is 3.62. The van der Waals surface area contributed by atoms with Crippen LogP contribution in [-0.2, 0) is 16.6 Å². The lowest BCUT2D eigenvalue weighted by Crippen LogP contribution is -2.44. The summed E-state index contributed by atoms with van der Waals surface area (Å²) in [6.45, 7) is 7.55. The van der Waals surface area contributed by atoms with E-state index in [1.54, 1.807) is 20.2 Å². The molecule has 0 unspecified atom stereocenters. The van der Waals surface area contributed by atoms with Gasteiger partial charge in [0, 0.05) is 24.7 Å². The van der Waals surface area contributed by atoms with Gasteiger partial charge in [0.25, 0.3) is 0 Å². The van der Waals surface area contributed by atoms with Crippen molar-refractivity contribution in [3.05, 3.63) is 29.1 Å². The Bertz CT molecular complexity index is 612. The van der Waals surface area contributed by atoms with Gasteiger partial charge < -0.3 is 5.32 Å². The minimum absolute atomic E-state index is 0.0387. The zero-order valence-electron chi connectivity index (χ0n) is 13.6. The van der Waals surface area contributed by atoms with Gasteiger partial charge in [0.2, 0.25) is 10.0 Å². The van der Waals surface area contributed by atoms with E-state index in [2.05, 4.69) is 5.32 Å². The minimum Gasteiger partial charge on any atom is -0.316 e. The average Bonchev–Trinajstić information content (AvgIpc) is 2.41. The van der Waals surface area contributed by atoms with Crippen molar-refractivity contribution >= 4 is 10.0 Å². The fraction of sp³-hybridized carbons (Fsp3) is 0.600. The van der Waals surface area contributed by atoms with Crippen molar-refractivity contribution in [1.29, 1.82) is 0 Å². The minimum atomic E-state index is -3.74. The lowest BCUT2D eigenvalue weighted by molar-refractivity contribution is 0.257. The predicted octanol–water partition coefficient (Wildman–Crippen LogP) is 2.66. The van der Waals surface area contributed by atoms with Gasteiger partial charge >= 0.3 is 0 Å². The van der Waals surface area contributed by atoms with Crippen LogP contribution >= 0.6 is 0 Å². The van der Waals surface area contributed by atoms with Crippen LogP contribution < -0.4 is 5.32 Å². The Hall–Kier alpha value is -0.980. The molecule has 0 aliphatic heterocycles. The molecule has 6 heteroatoms. The van der Waals surface area contributed by atoms with Crippen LogP contribution in [0.2, 0.25) is 0 Å². The van der Waals surface area contributed by atoms with Crippen molar-refractivity contribution in [2.75, 3.05) is 14.1 Å². The van der Waals surface area contributed by atoms with Crippen LogP contribution in [0.4, 0.5) is 4.39 Å². The van der Waals surface area contributed by atoms with Gasteiger partial charge in [-0.25, -0.2) is 12.8 Å². The first-order valence-electron chi connectivity index (χ1n) is 7.00. The van der Waals surface area contributed by atoms with Crippen molar-refractivity contribution in [3.63, 3.8) is 0 Å². The lowest BCUT2D eigenvalue weighted by Gasteiger charge is -2.34. The van der Waals surface area contributed by atoms with Crippen molar-refractivity contribution < 1.29 is 12.8 Å². The van der Waals surface area contributed by atoms with Gasteiger partial charge in [-0.15, -0.1) is 0 Å². The molecule has 0 heterocycles. The Morgan fingerprint density at radius 3 is 2.38 bits per heavy atom. The van der Waals surface area contributed by atoms with Crippen molar-refractivity contribution in [2.45, 2.75) is 51.1 Å². The first-order chi connectivity index (χ1) is 9.57.